The number of nitrogens with two attached hydrogens (primary N) is 1. The second-order valence-corrected chi connectivity index (χ2v) is 11.2. The number of unbranched alkanes of at least 4 members (excludes halogenated alkanes) is 1. The lowest BCUT2D eigenvalue weighted by Gasteiger charge is -2.15. The summed E-state index contributed by atoms with van der Waals surface area (Å²) in [6, 6.07) is 34.0. The molecule has 0 radical (unpaired) electrons. The van der Waals surface area contributed by atoms with Crippen LogP contribution in [-0.2, 0) is 40.6 Å². The molecule has 47 heavy (non-hydrogen) atoms. The molecule has 9 nitrogen and oxygen atoms in total. The molecule has 0 spiro atoms. The van der Waals surface area contributed by atoms with Gasteiger partial charge in [0.25, 0.3) is 0 Å². The summed E-state index contributed by atoms with van der Waals surface area (Å²) >= 11 is 0. The summed E-state index contributed by atoms with van der Waals surface area (Å²) in [6.45, 7) is 1.58. The van der Waals surface area contributed by atoms with Gasteiger partial charge in [-0.15, -0.1) is 0 Å². The van der Waals surface area contributed by atoms with Crippen LogP contribution < -0.4 is 25.8 Å². The lowest BCUT2D eigenvalue weighted by atomic mass is 10.0. The van der Waals surface area contributed by atoms with Crippen LogP contribution in [0.1, 0.15) is 47.9 Å². The van der Waals surface area contributed by atoms with E-state index < -0.39 is 12.1 Å². The van der Waals surface area contributed by atoms with Crippen LogP contribution in [0, 0.1) is 0 Å². The first-order valence-corrected chi connectivity index (χ1v) is 15.9. The fourth-order valence-corrected chi connectivity index (χ4v) is 4.74. The molecule has 0 aliphatic heterocycles. The Morgan fingerprint density at radius 3 is 1.89 bits per heavy atom. The molecule has 2 amide bonds. The number of benzene rings is 4. The number of nitrogens with one attached hydrogen (secondary N) is 2. The Balaban J connectivity index is 1.15. The largest absolute Gasteiger partial charge is 0.489 e. The quantitative estimate of drug-likeness (QED) is 0.109. The van der Waals surface area contributed by atoms with Gasteiger partial charge in [0.05, 0.1) is 12.5 Å². The van der Waals surface area contributed by atoms with Gasteiger partial charge in [0.2, 0.25) is 5.91 Å². The maximum absolute atomic E-state index is 12.8. The first-order chi connectivity index (χ1) is 23.0. The Morgan fingerprint density at radius 2 is 1.26 bits per heavy atom. The number of hydrogen-bond acceptors (Lipinski definition) is 7. The van der Waals surface area contributed by atoms with E-state index in [-0.39, 0.29) is 37.7 Å². The third-order valence-electron chi connectivity index (χ3n) is 7.41. The van der Waals surface area contributed by atoms with E-state index in [4.69, 9.17) is 19.9 Å². The van der Waals surface area contributed by atoms with E-state index in [0.717, 1.165) is 22.3 Å². The Morgan fingerprint density at radius 1 is 0.660 bits per heavy atom. The summed E-state index contributed by atoms with van der Waals surface area (Å²) in [5, 5.41) is 5.54. The minimum Gasteiger partial charge on any atom is -0.489 e. The van der Waals surface area contributed by atoms with Crippen molar-refractivity contribution in [3.63, 3.8) is 0 Å². The molecule has 0 heterocycles. The number of amides is 2. The predicted molar refractivity (Wildman–Crippen MR) is 181 cm³/mol. The van der Waals surface area contributed by atoms with Crippen molar-refractivity contribution >= 4 is 17.8 Å². The normalized spacial score (nSPS) is 11.3. The van der Waals surface area contributed by atoms with E-state index in [2.05, 4.69) is 10.6 Å². The number of carbonyl (C=O) groups excluding carboxylic acids is 3. The first kappa shape index (κ1) is 34.7. The van der Waals surface area contributed by atoms with Crippen LogP contribution in [0.5, 0.6) is 11.5 Å². The van der Waals surface area contributed by atoms with Crippen molar-refractivity contribution < 1.29 is 28.6 Å². The Bertz CT molecular complexity index is 1530. The van der Waals surface area contributed by atoms with E-state index in [1.807, 2.05) is 109 Å². The van der Waals surface area contributed by atoms with Gasteiger partial charge in [-0.05, 0) is 42.0 Å². The van der Waals surface area contributed by atoms with Crippen LogP contribution >= 0.6 is 0 Å². The molecule has 0 aliphatic rings. The molecule has 0 fully saturated rings. The molecular weight excluding hydrogens is 594 g/mol. The third-order valence-corrected chi connectivity index (χ3v) is 7.41. The standard InChI is InChI=1S/C38H43N3O6/c39-34(35(42)21-23-41-38(44)47-28-31-16-8-3-9-17-31)18-10-11-22-40-37(43)24-32-19-20-33(45-26-29-12-4-1-5-13-29)25-36(32)46-27-30-14-6-2-7-15-30/h1-9,12-17,19-20,25,34H,10-11,18,21-24,26-28,39H2,(H,40,43)(H,41,44). The number of alkyl carbamates (subject to hydrolysis) is 1. The van der Waals surface area contributed by atoms with E-state index in [1.54, 1.807) is 0 Å². The van der Waals surface area contributed by atoms with Gasteiger partial charge in [0.1, 0.15) is 31.3 Å². The molecular formula is C38H43N3O6. The SMILES string of the molecule is NC(CCCCNC(=O)Cc1ccc(OCc2ccccc2)cc1OCc1ccccc1)C(=O)CCNC(=O)OCc1ccccc1. The van der Waals surface area contributed by atoms with Crippen molar-refractivity contribution in [2.75, 3.05) is 13.1 Å². The van der Waals surface area contributed by atoms with Crippen LogP contribution in [0.2, 0.25) is 0 Å². The second-order valence-electron chi connectivity index (χ2n) is 11.2. The van der Waals surface area contributed by atoms with Crippen molar-refractivity contribution in [2.45, 2.75) is 58.0 Å². The summed E-state index contributed by atoms with van der Waals surface area (Å²) in [4.78, 5) is 37.1. The van der Waals surface area contributed by atoms with Gasteiger partial charge >= 0.3 is 6.09 Å². The van der Waals surface area contributed by atoms with E-state index in [1.165, 1.54) is 0 Å². The topological polar surface area (TPSA) is 129 Å². The van der Waals surface area contributed by atoms with Crippen LogP contribution in [0.3, 0.4) is 0 Å². The average molecular weight is 638 g/mol. The number of carbonyl (C=O) groups is 3. The lowest BCUT2D eigenvalue weighted by Crippen LogP contribution is -2.34. The number of ether oxygens (including phenoxy) is 3. The van der Waals surface area contributed by atoms with Crippen LogP contribution in [0.15, 0.2) is 109 Å². The highest BCUT2D eigenvalue weighted by Gasteiger charge is 2.15. The fourth-order valence-electron chi connectivity index (χ4n) is 4.74. The van der Waals surface area contributed by atoms with Crippen molar-refractivity contribution in [3.8, 4) is 11.5 Å². The van der Waals surface area contributed by atoms with Gasteiger partial charge in [0.15, 0.2) is 5.78 Å². The molecule has 246 valence electrons. The molecule has 1 atom stereocenters. The minimum atomic E-state index is -0.625. The smallest absolute Gasteiger partial charge is 0.407 e. The Labute approximate surface area is 276 Å². The van der Waals surface area contributed by atoms with E-state index in [0.29, 0.717) is 50.5 Å². The molecule has 4 N–H and O–H groups in total. The molecule has 4 aromatic carbocycles. The zero-order valence-corrected chi connectivity index (χ0v) is 26.6. The summed E-state index contributed by atoms with van der Waals surface area (Å²) in [5.41, 5.74) is 9.78. The molecule has 0 saturated carbocycles. The zero-order chi connectivity index (χ0) is 33.1. The highest BCUT2D eigenvalue weighted by molar-refractivity contribution is 5.84. The van der Waals surface area contributed by atoms with Gasteiger partial charge in [-0.2, -0.15) is 0 Å². The number of ketones is 1. The summed E-state index contributed by atoms with van der Waals surface area (Å²) < 4.78 is 17.3. The summed E-state index contributed by atoms with van der Waals surface area (Å²) in [6.07, 6.45) is 1.56. The zero-order valence-electron chi connectivity index (χ0n) is 26.6. The van der Waals surface area contributed by atoms with E-state index >= 15 is 0 Å². The van der Waals surface area contributed by atoms with Crippen molar-refractivity contribution in [1.29, 1.82) is 0 Å². The Kier molecular flexibility index (Phi) is 14.3. The molecule has 0 bridgehead atoms. The maximum Gasteiger partial charge on any atom is 0.407 e. The van der Waals surface area contributed by atoms with Gasteiger partial charge in [-0.1, -0.05) is 97.1 Å². The predicted octanol–water partition coefficient (Wildman–Crippen LogP) is 5.89. The fraction of sp³-hybridized carbons (Fsp3) is 0.289. The highest BCUT2D eigenvalue weighted by atomic mass is 16.5. The molecule has 1 unspecified atom stereocenters. The third kappa shape index (κ3) is 13.0. The maximum atomic E-state index is 12.8. The summed E-state index contributed by atoms with van der Waals surface area (Å²) in [7, 11) is 0. The molecule has 4 rings (SSSR count). The van der Waals surface area contributed by atoms with Crippen molar-refractivity contribution in [2.24, 2.45) is 5.73 Å². The van der Waals surface area contributed by atoms with Crippen LogP contribution in [-0.4, -0.2) is 36.9 Å². The minimum absolute atomic E-state index is 0.127. The molecule has 0 saturated heterocycles. The van der Waals surface area contributed by atoms with E-state index in [9.17, 15) is 14.4 Å². The van der Waals surface area contributed by atoms with Crippen LogP contribution in [0.4, 0.5) is 4.79 Å². The van der Waals surface area contributed by atoms with Crippen molar-refractivity contribution in [3.05, 3.63) is 131 Å². The van der Waals surface area contributed by atoms with Gasteiger partial charge < -0.3 is 30.6 Å². The molecule has 0 aliphatic carbocycles. The number of hydrogen-bond donors (Lipinski definition) is 3. The number of rotatable bonds is 19. The molecule has 9 heteroatoms. The van der Waals surface area contributed by atoms with Gasteiger partial charge in [-0.3, -0.25) is 9.59 Å². The lowest BCUT2D eigenvalue weighted by molar-refractivity contribution is -0.121. The Hall–Kier alpha value is -5.15. The molecule has 0 aromatic heterocycles. The monoisotopic (exact) mass is 637 g/mol. The van der Waals surface area contributed by atoms with Crippen LogP contribution in [0.25, 0.3) is 0 Å². The van der Waals surface area contributed by atoms with Crippen molar-refractivity contribution in [1.82, 2.24) is 10.6 Å². The van der Waals surface area contributed by atoms with Gasteiger partial charge in [0, 0.05) is 31.1 Å². The highest BCUT2D eigenvalue weighted by Crippen LogP contribution is 2.27. The second kappa shape index (κ2) is 19.4. The average Bonchev–Trinajstić information content (AvgIpc) is 3.10. The molecule has 4 aromatic rings. The van der Waals surface area contributed by atoms with Gasteiger partial charge in [-0.25, -0.2) is 4.79 Å². The summed E-state index contributed by atoms with van der Waals surface area (Å²) in [5.74, 6) is 0.999. The first-order valence-electron chi connectivity index (χ1n) is 15.9. The number of Topliss-reactive ketones (excluding diaryl/α,β-unsaturated/α-hetero) is 1.